The van der Waals surface area contributed by atoms with E-state index in [2.05, 4.69) is 248 Å². The predicted octanol–water partition coefficient (Wildman–Crippen LogP) is 18.8. The number of fused-ring (bicyclic) bond motifs is 7. The van der Waals surface area contributed by atoms with Crippen LogP contribution in [0.4, 0.5) is 17.1 Å². The molecule has 0 spiro atoms. The number of aromatic nitrogens is 1. The lowest BCUT2D eigenvalue weighted by Crippen LogP contribution is -2.14. The molecule has 13 rings (SSSR count). The number of nitrogens with zero attached hydrogens (tertiary/aromatic N) is 2. The first kappa shape index (κ1) is 41.3. The highest BCUT2D eigenvalue weighted by atomic mass is 15.1. The molecule has 0 amide bonds. The molecule has 1 aromatic heterocycles. The Labute approximate surface area is 405 Å². The minimum Gasteiger partial charge on any atom is -0.310 e. The van der Waals surface area contributed by atoms with Crippen molar-refractivity contribution in [3.63, 3.8) is 0 Å². The fourth-order valence-corrected chi connectivity index (χ4v) is 12.3. The number of hydrogen-bond donors (Lipinski definition) is 0. The van der Waals surface area contributed by atoms with E-state index >= 15 is 0 Å². The topological polar surface area (TPSA) is 8.17 Å². The Bertz CT molecular complexity index is 3710. The molecule has 11 aromatic rings. The van der Waals surface area contributed by atoms with Crippen molar-refractivity contribution in [2.75, 3.05) is 4.90 Å². The third kappa shape index (κ3) is 6.84. The highest BCUT2D eigenvalue weighted by Gasteiger charge is 2.36. The van der Waals surface area contributed by atoms with E-state index in [1.54, 1.807) is 0 Å². The van der Waals surface area contributed by atoms with Gasteiger partial charge in [-0.2, -0.15) is 0 Å². The van der Waals surface area contributed by atoms with Crippen LogP contribution in [-0.4, -0.2) is 4.57 Å². The van der Waals surface area contributed by atoms with Gasteiger partial charge in [-0.1, -0.05) is 197 Å². The van der Waals surface area contributed by atoms with Gasteiger partial charge in [-0.25, -0.2) is 0 Å². The summed E-state index contributed by atoms with van der Waals surface area (Å²) in [6.45, 7) is 4.73. The Kier molecular flexibility index (Phi) is 9.98. The number of para-hydroxylation sites is 3. The highest BCUT2D eigenvalue weighted by molar-refractivity contribution is 6.10. The maximum Gasteiger partial charge on any atom is 0.0541 e. The summed E-state index contributed by atoms with van der Waals surface area (Å²) in [5, 5.41) is 5.23. The summed E-state index contributed by atoms with van der Waals surface area (Å²) in [7, 11) is 0. The van der Waals surface area contributed by atoms with Gasteiger partial charge in [0.25, 0.3) is 0 Å². The van der Waals surface area contributed by atoms with Crippen molar-refractivity contribution in [2.24, 2.45) is 0 Å². The van der Waals surface area contributed by atoms with Gasteiger partial charge in [0, 0.05) is 38.8 Å². The van der Waals surface area contributed by atoms with Crippen LogP contribution in [0.5, 0.6) is 0 Å². The van der Waals surface area contributed by atoms with Gasteiger partial charge < -0.3 is 9.47 Å². The van der Waals surface area contributed by atoms with Crippen LogP contribution in [0.3, 0.4) is 0 Å². The van der Waals surface area contributed by atoms with E-state index in [9.17, 15) is 0 Å². The molecule has 2 aliphatic rings. The van der Waals surface area contributed by atoms with Gasteiger partial charge in [0.15, 0.2) is 0 Å². The molecular formula is C67H54N2. The largest absolute Gasteiger partial charge is 0.310 e. The Hall–Kier alpha value is -7.94. The van der Waals surface area contributed by atoms with E-state index in [0.29, 0.717) is 5.92 Å². The zero-order valence-corrected chi connectivity index (χ0v) is 39.4. The van der Waals surface area contributed by atoms with Crippen molar-refractivity contribution in [2.45, 2.75) is 57.3 Å². The molecular weight excluding hydrogens is 833 g/mol. The maximum absolute atomic E-state index is 2.48. The molecule has 1 heterocycles. The average molecular weight is 887 g/mol. The molecule has 2 nitrogen and oxygen atoms in total. The molecule has 0 saturated heterocycles. The second-order valence-electron chi connectivity index (χ2n) is 19.9. The smallest absolute Gasteiger partial charge is 0.0541 e. The quantitative estimate of drug-likeness (QED) is 0.148. The highest BCUT2D eigenvalue weighted by Crippen LogP contribution is 2.53. The minimum absolute atomic E-state index is 0.0557. The second-order valence-corrected chi connectivity index (χ2v) is 19.9. The van der Waals surface area contributed by atoms with E-state index in [1.807, 2.05) is 0 Å². The number of anilines is 3. The average Bonchev–Trinajstić information content (AvgIpc) is 3.87. The minimum atomic E-state index is -0.0557. The standard InChI is InChI=1S/C67H54N2/c1-67(2)60-30-12-9-26-58(60)66-54(28-17-31-61(66)67)47-36-41-52(42-37-47)68(62-32-13-10-24-55(62)57-29-16-21-48-20-15-27-53(65(48)57)46-18-5-3-6-19-46)51-39-34-45(35-40-51)49-38-43-64-59(44-49)56-25-11-14-33-63(56)69(64)50-22-7-4-8-23-50/h4,7-17,20-44,46H,3,5-6,18-19H2,1-2H3. The van der Waals surface area contributed by atoms with Crippen LogP contribution >= 0.6 is 0 Å². The van der Waals surface area contributed by atoms with Crippen LogP contribution < -0.4 is 4.90 Å². The Morgan fingerprint density at radius 3 is 1.83 bits per heavy atom. The Balaban J connectivity index is 0.952. The van der Waals surface area contributed by atoms with E-state index in [1.165, 1.54) is 132 Å². The van der Waals surface area contributed by atoms with Gasteiger partial charge in [-0.15, -0.1) is 0 Å². The summed E-state index contributed by atoms with van der Waals surface area (Å²) in [6, 6.07) is 83.8. The molecule has 332 valence electrons. The number of hydrogen-bond acceptors (Lipinski definition) is 1. The van der Waals surface area contributed by atoms with Gasteiger partial charge >= 0.3 is 0 Å². The van der Waals surface area contributed by atoms with Crippen LogP contribution in [0, 0.1) is 0 Å². The van der Waals surface area contributed by atoms with Crippen LogP contribution in [-0.2, 0) is 5.41 Å². The van der Waals surface area contributed by atoms with E-state index in [-0.39, 0.29) is 5.41 Å². The van der Waals surface area contributed by atoms with Crippen molar-refractivity contribution in [1.29, 1.82) is 0 Å². The van der Waals surface area contributed by atoms with Crippen molar-refractivity contribution in [1.82, 2.24) is 4.57 Å². The van der Waals surface area contributed by atoms with Crippen LogP contribution in [0.1, 0.15) is 68.6 Å². The van der Waals surface area contributed by atoms with E-state index in [0.717, 1.165) is 17.1 Å². The lowest BCUT2D eigenvalue weighted by Gasteiger charge is -2.29. The van der Waals surface area contributed by atoms with Gasteiger partial charge in [0.1, 0.15) is 0 Å². The zero-order valence-electron chi connectivity index (χ0n) is 39.4. The molecule has 0 atom stereocenters. The third-order valence-electron chi connectivity index (χ3n) is 15.6. The molecule has 0 bridgehead atoms. The van der Waals surface area contributed by atoms with Gasteiger partial charge in [0.05, 0.1) is 16.7 Å². The first-order chi connectivity index (χ1) is 34.0. The van der Waals surface area contributed by atoms with Crippen molar-refractivity contribution < 1.29 is 0 Å². The molecule has 10 aromatic carbocycles. The molecule has 2 heteroatoms. The molecule has 69 heavy (non-hydrogen) atoms. The van der Waals surface area contributed by atoms with Crippen LogP contribution in [0.2, 0.25) is 0 Å². The SMILES string of the molecule is CC1(C)c2ccccc2-c2c(-c3ccc(N(c4ccc(-c5ccc6c(c5)c5ccccc5n6-c5ccccc5)cc4)c4ccccc4-c4cccc5cccc(C6CCCCC6)c45)cc3)cccc21. The number of benzene rings is 10. The summed E-state index contributed by atoms with van der Waals surface area (Å²) in [4.78, 5) is 2.48. The first-order valence-corrected chi connectivity index (χ1v) is 25.0. The molecule has 1 fully saturated rings. The van der Waals surface area contributed by atoms with Gasteiger partial charge in [-0.05, 0) is 146 Å². The summed E-state index contributed by atoms with van der Waals surface area (Å²) >= 11 is 0. The zero-order chi connectivity index (χ0) is 46.1. The molecule has 0 unspecified atom stereocenters. The van der Waals surface area contributed by atoms with Crippen molar-refractivity contribution in [3.05, 3.63) is 241 Å². The third-order valence-corrected chi connectivity index (χ3v) is 15.6. The molecule has 1 saturated carbocycles. The normalized spacial score (nSPS) is 14.3. The van der Waals surface area contributed by atoms with Crippen LogP contribution in [0.15, 0.2) is 224 Å². The van der Waals surface area contributed by atoms with Gasteiger partial charge in [0.2, 0.25) is 0 Å². The number of rotatable bonds is 8. The summed E-state index contributed by atoms with van der Waals surface area (Å²) in [5.74, 6) is 0.582. The summed E-state index contributed by atoms with van der Waals surface area (Å²) in [6.07, 6.45) is 6.47. The van der Waals surface area contributed by atoms with Gasteiger partial charge in [-0.3, -0.25) is 0 Å². The molecule has 0 N–H and O–H groups in total. The molecule has 0 aliphatic heterocycles. The molecule has 0 radical (unpaired) electrons. The summed E-state index contributed by atoms with van der Waals surface area (Å²) in [5.41, 5.74) is 21.4. The fraction of sp³-hybridized carbons (Fsp3) is 0.134. The van der Waals surface area contributed by atoms with Crippen molar-refractivity contribution in [3.8, 4) is 50.2 Å². The monoisotopic (exact) mass is 886 g/mol. The lowest BCUT2D eigenvalue weighted by atomic mass is 9.80. The fourth-order valence-electron chi connectivity index (χ4n) is 12.3. The Morgan fingerprint density at radius 1 is 0.435 bits per heavy atom. The lowest BCUT2D eigenvalue weighted by molar-refractivity contribution is 0.445. The van der Waals surface area contributed by atoms with Crippen molar-refractivity contribution >= 4 is 49.6 Å². The predicted molar refractivity (Wildman–Crippen MR) is 293 cm³/mol. The molecule has 2 aliphatic carbocycles. The Morgan fingerprint density at radius 2 is 1.03 bits per heavy atom. The second kappa shape index (κ2) is 16.7. The van der Waals surface area contributed by atoms with E-state index < -0.39 is 0 Å². The maximum atomic E-state index is 2.48. The summed E-state index contributed by atoms with van der Waals surface area (Å²) < 4.78 is 2.39. The van der Waals surface area contributed by atoms with Crippen LogP contribution in [0.25, 0.3) is 82.8 Å². The first-order valence-electron chi connectivity index (χ1n) is 25.0. The van der Waals surface area contributed by atoms with E-state index in [4.69, 9.17) is 0 Å².